The molecule has 20 heavy (non-hydrogen) atoms. The Morgan fingerprint density at radius 2 is 1.55 bits per heavy atom. The van der Waals surface area contributed by atoms with Gasteiger partial charge in [0.1, 0.15) is 12.4 Å². The van der Waals surface area contributed by atoms with E-state index in [1.807, 2.05) is 36.4 Å². The van der Waals surface area contributed by atoms with Gasteiger partial charge in [0, 0.05) is 0 Å². The molecule has 2 aromatic rings. The normalized spacial score (nSPS) is 11.8. The van der Waals surface area contributed by atoms with E-state index in [0.29, 0.717) is 6.61 Å². The van der Waals surface area contributed by atoms with Crippen molar-refractivity contribution in [3.63, 3.8) is 0 Å². The molecule has 0 saturated carbocycles. The molecule has 0 radical (unpaired) electrons. The Balaban J connectivity index is 1.87. The van der Waals surface area contributed by atoms with Crippen LogP contribution in [0.4, 0.5) is 0 Å². The van der Waals surface area contributed by atoms with Crippen LogP contribution in [-0.2, 0) is 5.41 Å². The molecule has 0 aliphatic heterocycles. The zero-order chi connectivity index (χ0) is 14.4. The van der Waals surface area contributed by atoms with Crippen molar-refractivity contribution in [3.05, 3.63) is 71.8 Å². The third kappa shape index (κ3) is 4.27. The maximum absolute atomic E-state index is 5.71. The van der Waals surface area contributed by atoms with Gasteiger partial charge in [-0.25, -0.2) is 0 Å². The number of ether oxygens (including phenoxy) is 1. The van der Waals surface area contributed by atoms with Crippen LogP contribution >= 0.6 is 0 Å². The van der Waals surface area contributed by atoms with Crippen LogP contribution in [0.3, 0.4) is 0 Å². The minimum Gasteiger partial charge on any atom is -0.490 e. The summed E-state index contributed by atoms with van der Waals surface area (Å²) in [5, 5.41) is 0. The Bertz CT molecular complexity index is 545. The van der Waals surface area contributed by atoms with Crippen molar-refractivity contribution in [2.75, 3.05) is 6.61 Å². The van der Waals surface area contributed by atoms with Crippen LogP contribution in [0.25, 0.3) is 6.08 Å². The molecule has 0 fully saturated rings. The van der Waals surface area contributed by atoms with E-state index in [0.717, 1.165) is 5.75 Å². The monoisotopic (exact) mass is 266 g/mol. The molecule has 0 spiro atoms. The summed E-state index contributed by atoms with van der Waals surface area (Å²) in [6.45, 7) is 7.23. The molecule has 1 nitrogen and oxygen atoms in total. The third-order valence-electron chi connectivity index (χ3n) is 3.18. The van der Waals surface area contributed by atoms with Gasteiger partial charge in [-0.15, -0.1) is 0 Å². The summed E-state index contributed by atoms with van der Waals surface area (Å²) in [4.78, 5) is 0. The maximum atomic E-state index is 5.71. The van der Waals surface area contributed by atoms with Crippen molar-refractivity contribution in [1.82, 2.24) is 0 Å². The molecule has 0 atom stereocenters. The van der Waals surface area contributed by atoms with Crippen molar-refractivity contribution in [1.29, 1.82) is 0 Å². The number of benzene rings is 2. The quantitative estimate of drug-likeness (QED) is 0.750. The standard InChI is InChI=1S/C19H22O/c1-19(2,3)17-11-13-18(14-12-17)20-15-7-10-16-8-5-4-6-9-16/h4-14H,15H2,1-3H3/b10-7+. The van der Waals surface area contributed by atoms with Gasteiger partial charge in [-0.3, -0.25) is 0 Å². The summed E-state index contributed by atoms with van der Waals surface area (Å²) < 4.78 is 5.71. The predicted molar refractivity (Wildman–Crippen MR) is 86.1 cm³/mol. The molecule has 0 aliphatic rings. The van der Waals surface area contributed by atoms with Gasteiger partial charge in [0.15, 0.2) is 0 Å². The fraction of sp³-hybridized carbons (Fsp3) is 0.263. The lowest BCUT2D eigenvalue weighted by Crippen LogP contribution is -2.10. The first kappa shape index (κ1) is 14.4. The first-order valence-corrected chi connectivity index (χ1v) is 7.01. The molecule has 0 bridgehead atoms. The maximum Gasteiger partial charge on any atom is 0.119 e. The lowest BCUT2D eigenvalue weighted by atomic mass is 9.87. The molecule has 104 valence electrons. The number of hydrogen-bond acceptors (Lipinski definition) is 1. The van der Waals surface area contributed by atoms with Gasteiger partial charge in [0.05, 0.1) is 0 Å². The fourth-order valence-electron chi connectivity index (χ4n) is 1.94. The van der Waals surface area contributed by atoms with Crippen molar-refractivity contribution in [3.8, 4) is 5.75 Å². The highest BCUT2D eigenvalue weighted by molar-refractivity contribution is 5.48. The lowest BCUT2D eigenvalue weighted by Gasteiger charge is -2.19. The van der Waals surface area contributed by atoms with Gasteiger partial charge < -0.3 is 4.74 Å². The largest absolute Gasteiger partial charge is 0.490 e. The minimum absolute atomic E-state index is 0.186. The molecule has 0 unspecified atom stereocenters. The van der Waals surface area contributed by atoms with Crippen molar-refractivity contribution in [2.24, 2.45) is 0 Å². The fourth-order valence-corrected chi connectivity index (χ4v) is 1.94. The average molecular weight is 266 g/mol. The van der Waals surface area contributed by atoms with Gasteiger partial charge in [-0.1, -0.05) is 69.3 Å². The highest BCUT2D eigenvalue weighted by atomic mass is 16.5. The Hall–Kier alpha value is -2.02. The third-order valence-corrected chi connectivity index (χ3v) is 3.18. The zero-order valence-corrected chi connectivity index (χ0v) is 12.5. The van der Waals surface area contributed by atoms with Gasteiger partial charge in [-0.2, -0.15) is 0 Å². The smallest absolute Gasteiger partial charge is 0.119 e. The molecule has 0 saturated heterocycles. The van der Waals surface area contributed by atoms with E-state index >= 15 is 0 Å². The molecule has 1 heteroatoms. The van der Waals surface area contributed by atoms with Gasteiger partial charge in [0.2, 0.25) is 0 Å². The zero-order valence-electron chi connectivity index (χ0n) is 12.5. The summed E-state index contributed by atoms with van der Waals surface area (Å²) in [5.74, 6) is 0.913. The van der Waals surface area contributed by atoms with Crippen molar-refractivity contribution < 1.29 is 4.74 Å². The summed E-state index contributed by atoms with van der Waals surface area (Å²) in [6.07, 6.45) is 4.11. The topological polar surface area (TPSA) is 9.23 Å². The van der Waals surface area contributed by atoms with Crippen LogP contribution < -0.4 is 4.74 Å². The molecule has 2 rings (SSSR count). The van der Waals surface area contributed by atoms with Crippen LogP contribution in [0.1, 0.15) is 31.9 Å². The van der Waals surface area contributed by atoms with E-state index in [-0.39, 0.29) is 5.41 Å². The number of rotatable bonds is 4. The Morgan fingerprint density at radius 3 is 2.15 bits per heavy atom. The molecule has 0 aliphatic carbocycles. The van der Waals surface area contributed by atoms with E-state index in [1.165, 1.54) is 11.1 Å². The highest BCUT2D eigenvalue weighted by Crippen LogP contribution is 2.24. The van der Waals surface area contributed by atoms with Crippen molar-refractivity contribution >= 4 is 6.08 Å². The van der Waals surface area contributed by atoms with Crippen LogP contribution in [0, 0.1) is 0 Å². The Labute approximate surface area is 121 Å². The SMILES string of the molecule is CC(C)(C)c1ccc(OC/C=C/c2ccccc2)cc1. The molecule has 0 N–H and O–H groups in total. The first-order chi connectivity index (χ1) is 9.55. The van der Waals surface area contributed by atoms with E-state index in [4.69, 9.17) is 4.74 Å². The summed E-state index contributed by atoms with van der Waals surface area (Å²) in [5.41, 5.74) is 2.70. The van der Waals surface area contributed by atoms with E-state index < -0.39 is 0 Å². The molecule has 0 heterocycles. The van der Waals surface area contributed by atoms with Gasteiger partial charge in [0.25, 0.3) is 0 Å². The first-order valence-electron chi connectivity index (χ1n) is 7.01. The van der Waals surface area contributed by atoms with Crippen LogP contribution in [0.2, 0.25) is 0 Å². The van der Waals surface area contributed by atoms with Gasteiger partial charge in [-0.05, 0) is 34.8 Å². The Kier molecular flexibility index (Phi) is 4.62. The minimum atomic E-state index is 0.186. The second-order valence-corrected chi connectivity index (χ2v) is 5.90. The van der Waals surface area contributed by atoms with Gasteiger partial charge >= 0.3 is 0 Å². The second kappa shape index (κ2) is 6.42. The summed E-state index contributed by atoms with van der Waals surface area (Å²) in [7, 11) is 0. The van der Waals surface area contributed by atoms with Crippen LogP contribution in [-0.4, -0.2) is 6.61 Å². The highest BCUT2D eigenvalue weighted by Gasteiger charge is 2.12. The Morgan fingerprint density at radius 1 is 0.900 bits per heavy atom. The molecule has 0 amide bonds. The molecule has 0 aromatic heterocycles. The summed E-state index contributed by atoms with van der Waals surface area (Å²) in [6, 6.07) is 18.6. The molecular formula is C19H22O. The van der Waals surface area contributed by atoms with E-state index in [1.54, 1.807) is 0 Å². The van der Waals surface area contributed by atoms with Crippen LogP contribution in [0.5, 0.6) is 5.75 Å². The van der Waals surface area contributed by atoms with Crippen LogP contribution in [0.15, 0.2) is 60.7 Å². The summed E-state index contributed by atoms with van der Waals surface area (Å²) >= 11 is 0. The number of hydrogen-bond donors (Lipinski definition) is 0. The second-order valence-electron chi connectivity index (χ2n) is 5.90. The lowest BCUT2D eigenvalue weighted by molar-refractivity contribution is 0.363. The van der Waals surface area contributed by atoms with E-state index in [2.05, 4.69) is 51.1 Å². The van der Waals surface area contributed by atoms with E-state index in [9.17, 15) is 0 Å². The molecule has 2 aromatic carbocycles. The van der Waals surface area contributed by atoms with Crippen molar-refractivity contribution in [2.45, 2.75) is 26.2 Å². The molecular weight excluding hydrogens is 244 g/mol. The average Bonchev–Trinajstić information content (AvgIpc) is 2.44. The predicted octanol–water partition coefficient (Wildman–Crippen LogP) is 5.08.